The number of thiazole rings is 1. The minimum atomic E-state index is -0.511. The Bertz CT molecular complexity index is 1490. The summed E-state index contributed by atoms with van der Waals surface area (Å²) in [6.45, 7) is 0.817. The molecule has 0 aliphatic heterocycles. The van der Waals surface area contributed by atoms with Crippen LogP contribution >= 0.6 is 11.3 Å². The van der Waals surface area contributed by atoms with Gasteiger partial charge in [-0.2, -0.15) is 0 Å². The molecule has 0 fully saturated rings. The Morgan fingerprint density at radius 3 is 2.40 bits per heavy atom. The summed E-state index contributed by atoms with van der Waals surface area (Å²) in [7, 11) is 9.91. The van der Waals surface area contributed by atoms with Crippen LogP contribution in [0.25, 0.3) is 21.4 Å². The van der Waals surface area contributed by atoms with Crippen molar-refractivity contribution in [2.75, 3.05) is 46.3 Å². The predicted molar refractivity (Wildman–Crippen MR) is 134 cm³/mol. The number of aromatic nitrogens is 5. The fourth-order valence-corrected chi connectivity index (χ4v) is 4.88. The van der Waals surface area contributed by atoms with Gasteiger partial charge in [0.2, 0.25) is 5.91 Å². The van der Waals surface area contributed by atoms with E-state index in [0.717, 1.165) is 9.27 Å². The van der Waals surface area contributed by atoms with Gasteiger partial charge in [-0.1, -0.05) is 11.3 Å². The molecule has 0 atom stereocenters. The fraction of sp³-hybridized carbons (Fsp3) is 0.409. The molecule has 186 valence electrons. The summed E-state index contributed by atoms with van der Waals surface area (Å²) in [4.78, 5) is 51.1. The molecule has 0 N–H and O–H groups in total. The molecule has 1 aromatic carbocycles. The number of methoxy groups -OCH3 is 2. The van der Waals surface area contributed by atoms with Gasteiger partial charge < -0.3 is 18.9 Å². The second kappa shape index (κ2) is 9.50. The molecule has 0 aliphatic rings. The molecule has 3 aromatic heterocycles. The van der Waals surface area contributed by atoms with E-state index in [0.29, 0.717) is 35.2 Å². The SMILES string of the molecule is COc1ccc(OC)c2sc(N(CCN(C)C)C(=O)Cn3cnc4c3c(=O)n(C)c(=O)n4C)nc12. The van der Waals surface area contributed by atoms with Crippen molar-refractivity contribution in [3.8, 4) is 11.5 Å². The van der Waals surface area contributed by atoms with Gasteiger partial charge in [0.25, 0.3) is 5.56 Å². The van der Waals surface area contributed by atoms with Gasteiger partial charge >= 0.3 is 5.69 Å². The Labute approximate surface area is 204 Å². The van der Waals surface area contributed by atoms with E-state index in [1.54, 1.807) is 31.3 Å². The molecule has 35 heavy (non-hydrogen) atoms. The van der Waals surface area contributed by atoms with Crippen molar-refractivity contribution in [3.63, 3.8) is 0 Å². The third-order valence-electron chi connectivity index (χ3n) is 5.72. The predicted octanol–water partition coefficient (Wildman–Crippen LogP) is 0.655. The largest absolute Gasteiger partial charge is 0.495 e. The first-order valence-corrected chi connectivity index (χ1v) is 11.6. The molecule has 12 nitrogen and oxygen atoms in total. The van der Waals surface area contributed by atoms with Gasteiger partial charge in [0.15, 0.2) is 16.3 Å². The summed E-state index contributed by atoms with van der Waals surface area (Å²) in [6.07, 6.45) is 1.40. The lowest BCUT2D eigenvalue weighted by atomic mass is 10.3. The number of imidazole rings is 1. The van der Waals surface area contributed by atoms with Crippen LogP contribution in [0, 0.1) is 0 Å². The number of carbonyl (C=O) groups is 1. The van der Waals surface area contributed by atoms with Gasteiger partial charge in [-0.05, 0) is 26.2 Å². The van der Waals surface area contributed by atoms with Crippen LogP contribution in [-0.2, 0) is 25.4 Å². The summed E-state index contributed by atoms with van der Waals surface area (Å²) in [5.41, 5.74) is 0.0153. The summed E-state index contributed by atoms with van der Waals surface area (Å²) in [5.74, 6) is 0.932. The highest BCUT2D eigenvalue weighted by Crippen LogP contribution is 2.40. The lowest BCUT2D eigenvalue weighted by molar-refractivity contribution is -0.119. The molecule has 0 bridgehead atoms. The van der Waals surface area contributed by atoms with Crippen LogP contribution in [-0.4, -0.2) is 75.9 Å². The topological polar surface area (TPSA) is 117 Å². The zero-order valence-corrected chi connectivity index (χ0v) is 21.2. The number of benzene rings is 1. The maximum Gasteiger partial charge on any atom is 0.332 e. The van der Waals surface area contributed by atoms with Crippen LogP contribution < -0.4 is 25.6 Å². The summed E-state index contributed by atoms with van der Waals surface area (Å²) >= 11 is 1.33. The lowest BCUT2D eigenvalue weighted by Gasteiger charge is -2.22. The maximum absolute atomic E-state index is 13.6. The monoisotopic (exact) mass is 501 g/mol. The van der Waals surface area contributed by atoms with E-state index in [1.165, 1.54) is 40.9 Å². The van der Waals surface area contributed by atoms with Crippen LogP contribution in [0.15, 0.2) is 28.0 Å². The Hall–Kier alpha value is -3.71. The quantitative estimate of drug-likeness (QED) is 0.346. The molecule has 1 amide bonds. The zero-order chi connectivity index (χ0) is 25.4. The molecular weight excluding hydrogens is 474 g/mol. The van der Waals surface area contributed by atoms with Crippen molar-refractivity contribution >= 4 is 43.8 Å². The normalized spacial score (nSPS) is 11.5. The molecule has 0 saturated heterocycles. The standard InChI is InChI=1S/C22H27N7O5S/c1-25(2)9-10-29(21-24-16-13(33-5)7-8-14(34-6)18(16)35-21)15(30)11-28-12-23-19-17(28)20(31)27(4)22(32)26(19)3/h7-8,12H,9-11H2,1-6H3. The zero-order valence-electron chi connectivity index (χ0n) is 20.4. The number of hydrogen-bond acceptors (Lipinski definition) is 9. The first kappa shape index (κ1) is 24.4. The van der Waals surface area contributed by atoms with Gasteiger partial charge in [-0.3, -0.25) is 23.6 Å². The molecule has 4 rings (SSSR count). The molecule has 0 spiro atoms. The molecule has 0 saturated carbocycles. The van der Waals surface area contributed by atoms with E-state index in [-0.39, 0.29) is 23.6 Å². The number of aryl methyl sites for hydroxylation is 1. The fourth-order valence-electron chi connectivity index (χ4n) is 3.76. The van der Waals surface area contributed by atoms with Crippen molar-refractivity contribution in [1.29, 1.82) is 0 Å². The van der Waals surface area contributed by atoms with E-state index < -0.39 is 11.2 Å². The number of likely N-dealkylation sites (N-methyl/N-ethyl adjacent to an activating group) is 1. The highest BCUT2D eigenvalue weighted by Gasteiger charge is 2.24. The van der Waals surface area contributed by atoms with E-state index >= 15 is 0 Å². The summed E-state index contributed by atoms with van der Waals surface area (Å²) in [5, 5.41) is 0.486. The van der Waals surface area contributed by atoms with Gasteiger partial charge in [-0.25, -0.2) is 14.8 Å². The first-order chi connectivity index (χ1) is 16.7. The Balaban J connectivity index is 1.78. The van der Waals surface area contributed by atoms with Crippen molar-refractivity contribution in [2.24, 2.45) is 14.1 Å². The third kappa shape index (κ3) is 4.28. The maximum atomic E-state index is 13.6. The van der Waals surface area contributed by atoms with Crippen LogP contribution in [0.4, 0.5) is 5.13 Å². The number of rotatable bonds is 8. The third-order valence-corrected chi connectivity index (χ3v) is 6.82. The number of nitrogens with zero attached hydrogens (tertiary/aromatic N) is 7. The second-order valence-corrected chi connectivity index (χ2v) is 9.22. The van der Waals surface area contributed by atoms with E-state index in [4.69, 9.17) is 14.5 Å². The van der Waals surface area contributed by atoms with Crippen molar-refractivity contribution in [2.45, 2.75) is 6.54 Å². The van der Waals surface area contributed by atoms with Crippen LogP contribution in [0.2, 0.25) is 0 Å². The van der Waals surface area contributed by atoms with Crippen molar-refractivity contribution < 1.29 is 14.3 Å². The summed E-state index contributed by atoms with van der Waals surface area (Å²) in [6, 6.07) is 3.57. The van der Waals surface area contributed by atoms with Gasteiger partial charge in [-0.15, -0.1) is 0 Å². The summed E-state index contributed by atoms with van der Waals surface area (Å²) < 4.78 is 15.5. The Morgan fingerprint density at radius 2 is 1.74 bits per heavy atom. The number of amides is 1. The second-order valence-electron chi connectivity index (χ2n) is 8.24. The average Bonchev–Trinajstić information content (AvgIpc) is 3.45. The van der Waals surface area contributed by atoms with Crippen LogP contribution in [0.1, 0.15) is 0 Å². The van der Waals surface area contributed by atoms with E-state index in [9.17, 15) is 14.4 Å². The molecule has 3 heterocycles. The minimum Gasteiger partial charge on any atom is -0.495 e. The number of hydrogen-bond donors (Lipinski definition) is 0. The smallest absolute Gasteiger partial charge is 0.332 e. The average molecular weight is 502 g/mol. The molecule has 0 aliphatic carbocycles. The molecule has 0 unspecified atom stereocenters. The number of ether oxygens (including phenoxy) is 2. The molecule has 4 aromatic rings. The van der Waals surface area contributed by atoms with Gasteiger partial charge in [0.1, 0.15) is 28.3 Å². The highest BCUT2D eigenvalue weighted by atomic mass is 32.1. The first-order valence-electron chi connectivity index (χ1n) is 10.7. The van der Waals surface area contributed by atoms with Gasteiger partial charge in [0.05, 0.1) is 20.5 Å². The Kier molecular flexibility index (Phi) is 6.63. The van der Waals surface area contributed by atoms with Crippen LogP contribution in [0.3, 0.4) is 0 Å². The molecular formula is C22H27N7O5S. The Morgan fingerprint density at radius 1 is 1.06 bits per heavy atom. The highest BCUT2D eigenvalue weighted by molar-refractivity contribution is 7.22. The lowest BCUT2D eigenvalue weighted by Crippen LogP contribution is -2.40. The van der Waals surface area contributed by atoms with Crippen molar-refractivity contribution in [3.05, 3.63) is 39.3 Å². The number of carbonyl (C=O) groups excluding carboxylic acids is 1. The minimum absolute atomic E-state index is 0.151. The van der Waals surface area contributed by atoms with E-state index in [2.05, 4.69) is 4.98 Å². The molecule has 13 heteroatoms. The number of anilines is 1. The number of fused-ring (bicyclic) bond motifs is 2. The van der Waals surface area contributed by atoms with Gasteiger partial charge in [0, 0.05) is 27.2 Å². The van der Waals surface area contributed by atoms with Crippen molar-refractivity contribution in [1.82, 2.24) is 28.6 Å². The van der Waals surface area contributed by atoms with E-state index in [1.807, 2.05) is 19.0 Å². The molecule has 0 radical (unpaired) electrons. The van der Waals surface area contributed by atoms with Crippen LogP contribution in [0.5, 0.6) is 11.5 Å².